The Hall–Kier alpha value is -0.440. The molecule has 0 bridgehead atoms. The van der Waals surface area contributed by atoms with Crippen molar-refractivity contribution in [3.63, 3.8) is 0 Å². The Labute approximate surface area is 99.8 Å². The largest absolute Gasteiger partial charge is 0.496 e. The van der Waals surface area contributed by atoms with Gasteiger partial charge in [-0.05, 0) is 31.5 Å². The Morgan fingerprint density at radius 3 is 2.47 bits per heavy atom. The molecule has 0 aliphatic carbocycles. The van der Waals surface area contributed by atoms with Crippen molar-refractivity contribution in [1.29, 1.82) is 0 Å². The molecule has 4 heteroatoms. The standard InChI is InChI=1S/C11H14Cl2O2/c1-6-4-10(15-3)8(5-9(6)13)11(14)7(2)12/h4-5,7,11,14H,1-3H3. The molecule has 1 aromatic carbocycles. The normalized spacial score (nSPS) is 14.8. The van der Waals surface area contributed by atoms with Gasteiger partial charge in [0.25, 0.3) is 0 Å². The van der Waals surface area contributed by atoms with Crippen LogP contribution in [0, 0.1) is 6.92 Å². The second kappa shape index (κ2) is 5.06. The molecule has 0 heterocycles. The molecule has 15 heavy (non-hydrogen) atoms. The van der Waals surface area contributed by atoms with Crippen molar-refractivity contribution in [3.8, 4) is 5.75 Å². The summed E-state index contributed by atoms with van der Waals surface area (Å²) in [4.78, 5) is 0. The second-order valence-electron chi connectivity index (χ2n) is 3.47. The van der Waals surface area contributed by atoms with E-state index < -0.39 is 11.5 Å². The third kappa shape index (κ3) is 2.77. The fourth-order valence-electron chi connectivity index (χ4n) is 1.33. The summed E-state index contributed by atoms with van der Waals surface area (Å²) in [5.41, 5.74) is 1.53. The smallest absolute Gasteiger partial charge is 0.125 e. The lowest BCUT2D eigenvalue weighted by atomic mass is 10.0. The van der Waals surface area contributed by atoms with Crippen molar-refractivity contribution in [3.05, 3.63) is 28.3 Å². The topological polar surface area (TPSA) is 29.5 Å². The zero-order chi connectivity index (χ0) is 11.6. The molecule has 0 aromatic heterocycles. The summed E-state index contributed by atoms with van der Waals surface area (Å²) in [6.45, 7) is 3.60. The number of aliphatic hydroxyl groups excluding tert-OH is 1. The minimum atomic E-state index is -0.778. The maximum Gasteiger partial charge on any atom is 0.125 e. The molecule has 1 rings (SSSR count). The van der Waals surface area contributed by atoms with E-state index in [1.54, 1.807) is 26.2 Å². The molecule has 0 saturated heterocycles. The molecule has 2 nitrogen and oxygen atoms in total. The summed E-state index contributed by atoms with van der Waals surface area (Å²) in [7, 11) is 1.55. The number of rotatable bonds is 3. The first-order valence-corrected chi connectivity index (χ1v) is 5.45. The van der Waals surface area contributed by atoms with Gasteiger partial charge in [0.05, 0.1) is 18.6 Å². The van der Waals surface area contributed by atoms with Gasteiger partial charge in [0.2, 0.25) is 0 Å². The van der Waals surface area contributed by atoms with Crippen LogP contribution in [0.5, 0.6) is 5.75 Å². The Balaban J connectivity index is 3.21. The van der Waals surface area contributed by atoms with Crippen molar-refractivity contribution in [2.75, 3.05) is 7.11 Å². The number of hydrogen-bond acceptors (Lipinski definition) is 2. The first-order chi connectivity index (χ1) is 6.97. The SMILES string of the molecule is COc1cc(C)c(Cl)cc1C(O)C(C)Cl. The predicted molar refractivity (Wildman–Crippen MR) is 63.0 cm³/mol. The van der Waals surface area contributed by atoms with Crippen LogP contribution in [-0.2, 0) is 0 Å². The van der Waals surface area contributed by atoms with Gasteiger partial charge in [0.1, 0.15) is 5.75 Å². The Morgan fingerprint density at radius 2 is 2.00 bits per heavy atom. The van der Waals surface area contributed by atoms with Crippen LogP contribution in [0.1, 0.15) is 24.2 Å². The predicted octanol–water partition coefficient (Wildman–Crippen LogP) is 3.32. The molecule has 0 aliphatic heterocycles. The summed E-state index contributed by atoms with van der Waals surface area (Å²) >= 11 is 11.8. The van der Waals surface area contributed by atoms with Gasteiger partial charge in [0.15, 0.2) is 0 Å². The number of benzene rings is 1. The van der Waals surface area contributed by atoms with Crippen LogP contribution in [0.3, 0.4) is 0 Å². The zero-order valence-electron chi connectivity index (χ0n) is 8.92. The van der Waals surface area contributed by atoms with Crippen LogP contribution in [0.25, 0.3) is 0 Å². The highest BCUT2D eigenvalue weighted by Crippen LogP contribution is 2.33. The number of aliphatic hydroxyl groups is 1. The molecule has 0 aliphatic rings. The van der Waals surface area contributed by atoms with Crippen molar-refractivity contribution in [2.45, 2.75) is 25.3 Å². The average molecular weight is 249 g/mol. The summed E-state index contributed by atoms with van der Waals surface area (Å²) in [5.74, 6) is 0.608. The maximum atomic E-state index is 9.85. The summed E-state index contributed by atoms with van der Waals surface area (Å²) in [6, 6.07) is 3.49. The van der Waals surface area contributed by atoms with E-state index in [1.165, 1.54) is 0 Å². The molecule has 0 amide bonds. The van der Waals surface area contributed by atoms with Crippen molar-refractivity contribution in [1.82, 2.24) is 0 Å². The Morgan fingerprint density at radius 1 is 1.40 bits per heavy atom. The van der Waals surface area contributed by atoms with Crippen LogP contribution in [0.2, 0.25) is 5.02 Å². The molecule has 2 atom stereocenters. The third-order valence-corrected chi connectivity index (χ3v) is 2.91. The summed E-state index contributed by atoms with van der Waals surface area (Å²) in [5, 5.41) is 10.1. The number of alkyl halides is 1. The Kier molecular flexibility index (Phi) is 4.26. The van der Waals surface area contributed by atoms with Crippen molar-refractivity contribution >= 4 is 23.2 Å². The molecule has 0 fully saturated rings. The van der Waals surface area contributed by atoms with Gasteiger partial charge >= 0.3 is 0 Å². The molecule has 1 N–H and O–H groups in total. The van der Waals surface area contributed by atoms with Gasteiger partial charge in [-0.15, -0.1) is 11.6 Å². The van der Waals surface area contributed by atoms with E-state index in [1.807, 2.05) is 6.92 Å². The molecular formula is C11H14Cl2O2. The quantitative estimate of drug-likeness (QED) is 0.832. The Bertz CT molecular complexity index is 351. The van der Waals surface area contributed by atoms with Gasteiger partial charge in [-0.1, -0.05) is 11.6 Å². The fourth-order valence-corrected chi connectivity index (χ4v) is 1.63. The molecule has 0 radical (unpaired) electrons. The van der Waals surface area contributed by atoms with Crippen molar-refractivity contribution in [2.24, 2.45) is 0 Å². The summed E-state index contributed by atoms with van der Waals surface area (Å²) in [6.07, 6.45) is -0.778. The van der Waals surface area contributed by atoms with Gasteiger partial charge in [-0.2, -0.15) is 0 Å². The highest BCUT2D eigenvalue weighted by Gasteiger charge is 2.19. The highest BCUT2D eigenvalue weighted by atomic mass is 35.5. The lowest BCUT2D eigenvalue weighted by Crippen LogP contribution is -2.10. The van der Waals surface area contributed by atoms with E-state index in [4.69, 9.17) is 27.9 Å². The fraction of sp³-hybridized carbons (Fsp3) is 0.455. The van der Waals surface area contributed by atoms with E-state index in [0.29, 0.717) is 16.3 Å². The highest BCUT2D eigenvalue weighted by molar-refractivity contribution is 6.31. The monoisotopic (exact) mass is 248 g/mol. The lowest BCUT2D eigenvalue weighted by molar-refractivity contribution is 0.173. The molecule has 0 saturated carbocycles. The zero-order valence-corrected chi connectivity index (χ0v) is 10.4. The van der Waals surface area contributed by atoms with Crippen LogP contribution in [0.15, 0.2) is 12.1 Å². The first-order valence-electron chi connectivity index (χ1n) is 4.63. The van der Waals surface area contributed by atoms with E-state index in [2.05, 4.69) is 0 Å². The van der Waals surface area contributed by atoms with Crippen LogP contribution in [-0.4, -0.2) is 17.6 Å². The molecule has 2 unspecified atom stereocenters. The summed E-state index contributed by atoms with van der Waals surface area (Å²) < 4.78 is 5.18. The number of ether oxygens (including phenoxy) is 1. The van der Waals surface area contributed by atoms with Crippen LogP contribution < -0.4 is 4.74 Å². The second-order valence-corrected chi connectivity index (χ2v) is 4.56. The minimum Gasteiger partial charge on any atom is -0.496 e. The lowest BCUT2D eigenvalue weighted by Gasteiger charge is -2.17. The van der Waals surface area contributed by atoms with Gasteiger partial charge in [0, 0.05) is 10.6 Å². The minimum absolute atomic E-state index is 0.391. The van der Waals surface area contributed by atoms with E-state index in [9.17, 15) is 5.11 Å². The van der Waals surface area contributed by atoms with E-state index in [-0.39, 0.29) is 0 Å². The number of hydrogen-bond donors (Lipinski definition) is 1. The molecule has 84 valence electrons. The first kappa shape index (κ1) is 12.6. The van der Waals surface area contributed by atoms with Crippen LogP contribution >= 0.6 is 23.2 Å². The van der Waals surface area contributed by atoms with E-state index in [0.717, 1.165) is 5.56 Å². The van der Waals surface area contributed by atoms with Gasteiger partial charge in [-0.3, -0.25) is 0 Å². The van der Waals surface area contributed by atoms with Gasteiger partial charge in [-0.25, -0.2) is 0 Å². The molecule has 1 aromatic rings. The van der Waals surface area contributed by atoms with Crippen LogP contribution in [0.4, 0.5) is 0 Å². The third-order valence-electron chi connectivity index (χ3n) is 2.26. The number of halogens is 2. The average Bonchev–Trinajstić information content (AvgIpc) is 2.20. The number of aryl methyl sites for hydroxylation is 1. The maximum absolute atomic E-state index is 9.85. The van der Waals surface area contributed by atoms with E-state index >= 15 is 0 Å². The van der Waals surface area contributed by atoms with Crippen molar-refractivity contribution < 1.29 is 9.84 Å². The van der Waals surface area contributed by atoms with Gasteiger partial charge < -0.3 is 9.84 Å². The molecule has 0 spiro atoms. The number of methoxy groups -OCH3 is 1. The molecular weight excluding hydrogens is 235 g/mol.